The zero-order valence-corrected chi connectivity index (χ0v) is 11.8. The van der Waals surface area contributed by atoms with Crippen molar-refractivity contribution in [1.82, 2.24) is 9.88 Å². The monoisotopic (exact) mass is 285 g/mol. The van der Waals surface area contributed by atoms with Crippen LogP contribution >= 0.6 is 0 Å². The SMILES string of the molecule is Nc1ccc(=O)n(CC(=O)NCCCc2ccccc2)c1. The highest BCUT2D eigenvalue weighted by atomic mass is 16.2. The fourth-order valence-electron chi connectivity index (χ4n) is 2.05. The van der Waals surface area contributed by atoms with Crippen LogP contribution in [0.15, 0.2) is 53.5 Å². The van der Waals surface area contributed by atoms with Crippen LogP contribution in [0, 0.1) is 0 Å². The predicted molar refractivity (Wildman–Crippen MR) is 82.9 cm³/mol. The number of aromatic nitrogens is 1. The third kappa shape index (κ3) is 4.80. The summed E-state index contributed by atoms with van der Waals surface area (Å²) in [7, 11) is 0. The Kier molecular flexibility index (Phi) is 5.15. The first-order chi connectivity index (χ1) is 10.1. The van der Waals surface area contributed by atoms with Crippen molar-refractivity contribution in [3.8, 4) is 0 Å². The number of nitrogen functional groups attached to an aromatic ring is 1. The van der Waals surface area contributed by atoms with E-state index in [-0.39, 0.29) is 18.0 Å². The number of carbonyl (C=O) groups is 1. The lowest BCUT2D eigenvalue weighted by atomic mass is 10.1. The molecule has 1 amide bonds. The fraction of sp³-hybridized carbons (Fsp3) is 0.250. The molecule has 0 aliphatic rings. The molecule has 0 atom stereocenters. The highest BCUT2D eigenvalue weighted by Gasteiger charge is 2.04. The second kappa shape index (κ2) is 7.28. The molecule has 110 valence electrons. The molecule has 0 saturated carbocycles. The van der Waals surface area contributed by atoms with Crippen molar-refractivity contribution < 1.29 is 4.79 Å². The standard InChI is InChI=1S/C16H19N3O2/c17-14-8-9-16(21)19(11-14)12-15(20)18-10-4-7-13-5-2-1-3-6-13/h1-3,5-6,8-9,11H,4,7,10,12,17H2,(H,18,20). The highest BCUT2D eigenvalue weighted by Crippen LogP contribution is 2.01. The molecule has 0 fully saturated rings. The van der Waals surface area contributed by atoms with Gasteiger partial charge in [0.25, 0.3) is 5.56 Å². The largest absolute Gasteiger partial charge is 0.398 e. The van der Waals surface area contributed by atoms with E-state index >= 15 is 0 Å². The van der Waals surface area contributed by atoms with Crippen molar-refractivity contribution in [2.45, 2.75) is 19.4 Å². The van der Waals surface area contributed by atoms with Gasteiger partial charge in [0.2, 0.25) is 5.91 Å². The minimum atomic E-state index is -0.233. The number of pyridine rings is 1. The lowest BCUT2D eigenvalue weighted by Gasteiger charge is -2.08. The van der Waals surface area contributed by atoms with E-state index in [4.69, 9.17) is 5.73 Å². The topological polar surface area (TPSA) is 77.1 Å². The van der Waals surface area contributed by atoms with Gasteiger partial charge in [0.15, 0.2) is 0 Å². The van der Waals surface area contributed by atoms with Gasteiger partial charge in [-0.2, -0.15) is 0 Å². The van der Waals surface area contributed by atoms with Gasteiger partial charge in [-0.3, -0.25) is 9.59 Å². The summed E-state index contributed by atoms with van der Waals surface area (Å²) in [6.07, 6.45) is 3.26. The molecule has 5 nitrogen and oxygen atoms in total. The Balaban J connectivity index is 1.75. The van der Waals surface area contributed by atoms with Crippen LogP contribution in [0.1, 0.15) is 12.0 Å². The van der Waals surface area contributed by atoms with E-state index in [1.165, 1.54) is 28.5 Å². The quantitative estimate of drug-likeness (QED) is 0.782. The van der Waals surface area contributed by atoms with E-state index in [0.717, 1.165) is 12.8 Å². The van der Waals surface area contributed by atoms with Crippen LogP contribution in [0.3, 0.4) is 0 Å². The summed E-state index contributed by atoms with van der Waals surface area (Å²) >= 11 is 0. The molecule has 0 aliphatic carbocycles. The summed E-state index contributed by atoms with van der Waals surface area (Å²) in [6, 6.07) is 13.0. The first kappa shape index (κ1) is 14.8. The van der Waals surface area contributed by atoms with Gasteiger partial charge >= 0.3 is 0 Å². The van der Waals surface area contributed by atoms with Gasteiger partial charge in [0.1, 0.15) is 6.54 Å². The smallest absolute Gasteiger partial charge is 0.251 e. The molecule has 2 rings (SSSR count). The Morgan fingerprint density at radius 1 is 1.14 bits per heavy atom. The summed E-state index contributed by atoms with van der Waals surface area (Å²) in [6.45, 7) is 0.583. The van der Waals surface area contributed by atoms with Crippen molar-refractivity contribution in [2.24, 2.45) is 0 Å². The molecule has 1 aromatic heterocycles. The average molecular weight is 285 g/mol. The number of benzene rings is 1. The second-order valence-electron chi connectivity index (χ2n) is 4.87. The number of amides is 1. The lowest BCUT2D eigenvalue weighted by Crippen LogP contribution is -2.32. The maximum atomic E-state index is 11.8. The number of carbonyl (C=O) groups excluding carboxylic acids is 1. The minimum absolute atomic E-state index is 0.00475. The first-order valence-electron chi connectivity index (χ1n) is 6.92. The Hall–Kier alpha value is -2.56. The third-order valence-corrected chi connectivity index (χ3v) is 3.13. The number of aryl methyl sites for hydroxylation is 1. The Morgan fingerprint density at radius 3 is 2.67 bits per heavy atom. The van der Waals surface area contributed by atoms with E-state index < -0.39 is 0 Å². The van der Waals surface area contributed by atoms with E-state index in [2.05, 4.69) is 17.4 Å². The van der Waals surface area contributed by atoms with Crippen LogP contribution in [0.4, 0.5) is 5.69 Å². The van der Waals surface area contributed by atoms with Crippen LogP contribution < -0.4 is 16.6 Å². The number of rotatable bonds is 6. The summed E-state index contributed by atoms with van der Waals surface area (Å²) in [5.74, 6) is -0.184. The van der Waals surface area contributed by atoms with Crippen LogP contribution in [0.2, 0.25) is 0 Å². The molecule has 1 heterocycles. The van der Waals surface area contributed by atoms with Crippen LogP contribution in [0.5, 0.6) is 0 Å². The van der Waals surface area contributed by atoms with Gasteiger partial charge in [-0.15, -0.1) is 0 Å². The van der Waals surface area contributed by atoms with Crippen LogP contribution in [-0.2, 0) is 17.8 Å². The summed E-state index contributed by atoms with van der Waals surface area (Å²) in [5, 5.41) is 2.81. The number of anilines is 1. The van der Waals surface area contributed by atoms with Gasteiger partial charge in [0, 0.05) is 24.5 Å². The molecule has 1 aromatic carbocycles. The maximum Gasteiger partial charge on any atom is 0.251 e. The van der Waals surface area contributed by atoms with Crippen molar-refractivity contribution in [3.05, 3.63) is 64.6 Å². The van der Waals surface area contributed by atoms with Crippen LogP contribution in [0.25, 0.3) is 0 Å². The van der Waals surface area contributed by atoms with E-state index in [1.54, 1.807) is 0 Å². The van der Waals surface area contributed by atoms with Crippen molar-refractivity contribution >= 4 is 11.6 Å². The highest BCUT2D eigenvalue weighted by molar-refractivity contribution is 5.75. The van der Waals surface area contributed by atoms with E-state index in [1.807, 2.05) is 18.2 Å². The lowest BCUT2D eigenvalue weighted by molar-refractivity contribution is -0.121. The maximum absolute atomic E-state index is 11.8. The summed E-state index contributed by atoms with van der Waals surface area (Å²) in [4.78, 5) is 23.3. The van der Waals surface area contributed by atoms with Crippen molar-refractivity contribution in [1.29, 1.82) is 0 Å². The molecule has 0 unspecified atom stereocenters. The molecule has 0 radical (unpaired) electrons. The normalized spacial score (nSPS) is 10.3. The molecule has 0 spiro atoms. The van der Waals surface area contributed by atoms with Gasteiger partial charge in [-0.25, -0.2) is 0 Å². The molecule has 0 aliphatic heterocycles. The van der Waals surface area contributed by atoms with Crippen LogP contribution in [-0.4, -0.2) is 17.0 Å². The summed E-state index contributed by atoms with van der Waals surface area (Å²) < 4.78 is 1.31. The zero-order valence-electron chi connectivity index (χ0n) is 11.8. The molecule has 21 heavy (non-hydrogen) atoms. The average Bonchev–Trinajstić information content (AvgIpc) is 2.48. The summed E-state index contributed by atoms with van der Waals surface area (Å²) in [5.41, 5.74) is 7.08. The Morgan fingerprint density at radius 2 is 1.90 bits per heavy atom. The van der Waals surface area contributed by atoms with E-state index in [0.29, 0.717) is 12.2 Å². The molecule has 3 N–H and O–H groups in total. The van der Waals surface area contributed by atoms with Gasteiger partial charge in [0.05, 0.1) is 0 Å². The molecular weight excluding hydrogens is 266 g/mol. The third-order valence-electron chi connectivity index (χ3n) is 3.13. The minimum Gasteiger partial charge on any atom is -0.398 e. The molecular formula is C16H19N3O2. The van der Waals surface area contributed by atoms with Gasteiger partial charge < -0.3 is 15.6 Å². The number of nitrogens with one attached hydrogen (secondary N) is 1. The fourth-order valence-corrected chi connectivity index (χ4v) is 2.05. The molecule has 5 heteroatoms. The zero-order chi connectivity index (χ0) is 15.1. The molecule has 0 bridgehead atoms. The van der Waals surface area contributed by atoms with Gasteiger partial charge in [-0.1, -0.05) is 30.3 Å². The molecule has 2 aromatic rings. The first-order valence-corrected chi connectivity index (χ1v) is 6.92. The number of hydrogen-bond acceptors (Lipinski definition) is 3. The predicted octanol–water partition coefficient (Wildman–Crippen LogP) is 1.18. The van der Waals surface area contributed by atoms with E-state index in [9.17, 15) is 9.59 Å². The van der Waals surface area contributed by atoms with Crippen molar-refractivity contribution in [2.75, 3.05) is 12.3 Å². The Bertz CT molecular complexity index is 650. The molecule has 0 saturated heterocycles. The van der Waals surface area contributed by atoms with Gasteiger partial charge in [-0.05, 0) is 24.5 Å². The number of nitrogens with zero attached hydrogens (tertiary/aromatic N) is 1. The Labute approximate surface area is 123 Å². The second-order valence-corrected chi connectivity index (χ2v) is 4.87. The number of nitrogens with two attached hydrogens (primary N) is 1. The number of hydrogen-bond donors (Lipinski definition) is 2. The van der Waals surface area contributed by atoms with Crippen molar-refractivity contribution in [3.63, 3.8) is 0 Å².